The third-order valence-corrected chi connectivity index (χ3v) is 4.93. The zero-order valence-corrected chi connectivity index (χ0v) is 15.4. The number of anilines is 1. The van der Waals surface area contributed by atoms with Crippen molar-refractivity contribution in [2.45, 2.75) is 18.9 Å². The van der Waals surface area contributed by atoms with Crippen molar-refractivity contribution >= 4 is 11.9 Å². The van der Waals surface area contributed by atoms with Crippen LogP contribution < -0.4 is 5.32 Å². The number of aromatic nitrogens is 2. The van der Waals surface area contributed by atoms with E-state index < -0.39 is 0 Å². The summed E-state index contributed by atoms with van der Waals surface area (Å²) in [5, 5.41) is 3.39. The van der Waals surface area contributed by atoms with Gasteiger partial charge in [-0.1, -0.05) is 30.3 Å². The van der Waals surface area contributed by atoms with Crippen LogP contribution >= 0.6 is 0 Å². The molecule has 1 aliphatic rings. The summed E-state index contributed by atoms with van der Waals surface area (Å²) in [6, 6.07) is 17.8. The molecule has 0 atom stereocenters. The molecule has 1 saturated heterocycles. The molecule has 4 rings (SSSR count). The van der Waals surface area contributed by atoms with Gasteiger partial charge in [0.15, 0.2) is 0 Å². The molecule has 28 heavy (non-hydrogen) atoms. The Morgan fingerprint density at radius 3 is 2.43 bits per heavy atom. The van der Waals surface area contributed by atoms with Crippen LogP contribution in [-0.2, 0) is 0 Å². The quantitative estimate of drug-likeness (QED) is 0.748. The third-order valence-electron chi connectivity index (χ3n) is 4.93. The van der Waals surface area contributed by atoms with Crippen LogP contribution in [0.1, 0.15) is 23.2 Å². The van der Waals surface area contributed by atoms with E-state index in [2.05, 4.69) is 15.3 Å². The number of rotatable bonds is 4. The lowest BCUT2D eigenvalue weighted by Crippen LogP contribution is -2.42. The normalized spacial score (nSPS) is 14.7. The number of nitrogens with zero attached hydrogens (tertiary/aromatic N) is 3. The molecule has 1 aliphatic heterocycles. The predicted octanol–water partition coefficient (Wildman–Crippen LogP) is 4.00. The Kier molecular flexibility index (Phi) is 5.28. The zero-order valence-electron chi connectivity index (χ0n) is 15.4. The number of carbonyl (C=O) groups is 1. The minimum atomic E-state index is -0.336. The molecule has 0 radical (unpaired) electrons. The fourth-order valence-electron chi connectivity index (χ4n) is 3.38. The summed E-state index contributed by atoms with van der Waals surface area (Å²) in [6.07, 6.45) is 3.38. The second kappa shape index (κ2) is 8.17. The Hall–Kier alpha value is -3.28. The molecule has 0 unspecified atom stereocenters. The van der Waals surface area contributed by atoms with E-state index in [4.69, 9.17) is 0 Å². The summed E-state index contributed by atoms with van der Waals surface area (Å²) in [7, 11) is 0. The van der Waals surface area contributed by atoms with Crippen LogP contribution in [0.25, 0.3) is 11.3 Å². The fourth-order valence-corrected chi connectivity index (χ4v) is 3.38. The Balaban J connectivity index is 1.36. The van der Waals surface area contributed by atoms with Gasteiger partial charge >= 0.3 is 0 Å². The van der Waals surface area contributed by atoms with E-state index in [-0.39, 0.29) is 17.8 Å². The summed E-state index contributed by atoms with van der Waals surface area (Å²) in [5.74, 6) is 0.211. The number of carbonyl (C=O) groups excluding carboxylic acids is 1. The molecule has 0 saturated carbocycles. The van der Waals surface area contributed by atoms with Crippen molar-refractivity contribution < 1.29 is 9.18 Å². The summed E-state index contributed by atoms with van der Waals surface area (Å²) in [6.45, 7) is 1.29. The van der Waals surface area contributed by atoms with Gasteiger partial charge in [0.05, 0.1) is 5.69 Å². The van der Waals surface area contributed by atoms with E-state index in [1.54, 1.807) is 6.20 Å². The molecule has 3 aromatic rings. The van der Waals surface area contributed by atoms with E-state index in [1.807, 2.05) is 41.3 Å². The first kappa shape index (κ1) is 18.1. The highest BCUT2D eigenvalue weighted by Crippen LogP contribution is 2.20. The lowest BCUT2D eigenvalue weighted by Gasteiger charge is -2.32. The van der Waals surface area contributed by atoms with Crippen LogP contribution in [0.15, 0.2) is 66.9 Å². The molecule has 1 fully saturated rings. The third kappa shape index (κ3) is 4.17. The van der Waals surface area contributed by atoms with E-state index >= 15 is 0 Å². The summed E-state index contributed by atoms with van der Waals surface area (Å²) < 4.78 is 13.0. The van der Waals surface area contributed by atoms with Crippen LogP contribution in [0, 0.1) is 5.82 Å². The fraction of sp³-hybridized carbons (Fsp3) is 0.227. The number of halogens is 1. The number of nitrogens with one attached hydrogen (secondary N) is 1. The van der Waals surface area contributed by atoms with E-state index in [0.29, 0.717) is 24.6 Å². The Morgan fingerprint density at radius 1 is 1.00 bits per heavy atom. The number of amides is 1. The first-order chi connectivity index (χ1) is 13.7. The molecule has 1 amide bonds. The van der Waals surface area contributed by atoms with Gasteiger partial charge in [-0.2, -0.15) is 0 Å². The maximum atomic E-state index is 13.0. The maximum Gasteiger partial charge on any atom is 0.253 e. The molecule has 1 aromatic heterocycles. The van der Waals surface area contributed by atoms with Gasteiger partial charge in [0.2, 0.25) is 5.95 Å². The van der Waals surface area contributed by atoms with Gasteiger partial charge in [-0.25, -0.2) is 14.4 Å². The average Bonchev–Trinajstić information content (AvgIpc) is 2.75. The van der Waals surface area contributed by atoms with E-state index in [1.165, 1.54) is 24.3 Å². The Bertz CT molecular complexity index is 938. The van der Waals surface area contributed by atoms with Gasteiger partial charge in [-0.3, -0.25) is 4.79 Å². The van der Waals surface area contributed by atoms with Crippen molar-refractivity contribution in [1.29, 1.82) is 0 Å². The van der Waals surface area contributed by atoms with Crippen molar-refractivity contribution in [3.05, 3.63) is 78.2 Å². The number of likely N-dealkylation sites (tertiary alicyclic amines) is 1. The van der Waals surface area contributed by atoms with E-state index in [0.717, 1.165) is 24.1 Å². The Labute approximate surface area is 163 Å². The molecule has 2 aromatic carbocycles. The lowest BCUT2D eigenvalue weighted by atomic mass is 10.0. The van der Waals surface area contributed by atoms with Gasteiger partial charge in [0.25, 0.3) is 5.91 Å². The molecular formula is C22H21FN4O. The highest BCUT2D eigenvalue weighted by molar-refractivity contribution is 5.94. The second-order valence-electron chi connectivity index (χ2n) is 6.85. The van der Waals surface area contributed by atoms with Crippen LogP contribution in [0.2, 0.25) is 0 Å². The van der Waals surface area contributed by atoms with Gasteiger partial charge < -0.3 is 10.2 Å². The SMILES string of the molecule is O=C(c1ccc(F)cc1)N1CCC(Nc2nccc(-c3ccccc3)n2)CC1. The number of benzene rings is 2. The monoisotopic (exact) mass is 376 g/mol. The standard InChI is InChI=1S/C22H21FN4O/c23-18-8-6-17(7-9-18)21(28)27-14-11-19(12-15-27)25-22-24-13-10-20(26-22)16-4-2-1-3-5-16/h1-10,13,19H,11-12,14-15H2,(H,24,25,26). The summed E-state index contributed by atoms with van der Waals surface area (Å²) in [5.41, 5.74) is 2.45. The molecule has 0 aliphatic carbocycles. The number of hydrogen-bond donors (Lipinski definition) is 1. The van der Waals surface area contributed by atoms with Gasteiger partial charge in [-0.15, -0.1) is 0 Å². The smallest absolute Gasteiger partial charge is 0.253 e. The first-order valence-corrected chi connectivity index (χ1v) is 9.39. The summed E-state index contributed by atoms with van der Waals surface area (Å²) in [4.78, 5) is 23.3. The molecule has 5 nitrogen and oxygen atoms in total. The van der Waals surface area contributed by atoms with Crippen LogP contribution in [0.4, 0.5) is 10.3 Å². The molecule has 0 spiro atoms. The van der Waals surface area contributed by atoms with Crippen molar-refractivity contribution in [2.75, 3.05) is 18.4 Å². The largest absolute Gasteiger partial charge is 0.351 e. The zero-order chi connectivity index (χ0) is 19.3. The number of hydrogen-bond acceptors (Lipinski definition) is 4. The molecule has 6 heteroatoms. The molecule has 1 N–H and O–H groups in total. The summed E-state index contributed by atoms with van der Waals surface area (Å²) >= 11 is 0. The molecule has 142 valence electrons. The molecular weight excluding hydrogens is 355 g/mol. The van der Waals surface area contributed by atoms with Crippen molar-refractivity contribution in [2.24, 2.45) is 0 Å². The molecule has 2 heterocycles. The average molecular weight is 376 g/mol. The highest BCUT2D eigenvalue weighted by atomic mass is 19.1. The topological polar surface area (TPSA) is 58.1 Å². The van der Waals surface area contributed by atoms with Crippen LogP contribution in [0.5, 0.6) is 0 Å². The minimum absolute atomic E-state index is 0.0548. The lowest BCUT2D eigenvalue weighted by molar-refractivity contribution is 0.0718. The van der Waals surface area contributed by atoms with Crippen LogP contribution in [-0.4, -0.2) is 39.9 Å². The van der Waals surface area contributed by atoms with Gasteiger partial charge in [0.1, 0.15) is 5.82 Å². The predicted molar refractivity (Wildman–Crippen MR) is 106 cm³/mol. The van der Waals surface area contributed by atoms with Crippen molar-refractivity contribution in [3.63, 3.8) is 0 Å². The maximum absolute atomic E-state index is 13.0. The van der Waals surface area contributed by atoms with Crippen molar-refractivity contribution in [1.82, 2.24) is 14.9 Å². The van der Waals surface area contributed by atoms with Crippen LogP contribution in [0.3, 0.4) is 0 Å². The molecule has 0 bridgehead atoms. The first-order valence-electron chi connectivity index (χ1n) is 9.39. The Morgan fingerprint density at radius 2 is 1.71 bits per heavy atom. The van der Waals surface area contributed by atoms with Gasteiger partial charge in [-0.05, 0) is 43.2 Å². The van der Waals surface area contributed by atoms with Gasteiger partial charge in [0, 0.05) is 36.5 Å². The van der Waals surface area contributed by atoms with E-state index in [9.17, 15) is 9.18 Å². The van der Waals surface area contributed by atoms with Crippen molar-refractivity contribution in [3.8, 4) is 11.3 Å². The number of piperidine rings is 1. The minimum Gasteiger partial charge on any atom is -0.351 e. The second-order valence-corrected chi connectivity index (χ2v) is 6.85. The highest BCUT2D eigenvalue weighted by Gasteiger charge is 2.24.